The Labute approximate surface area is 191 Å². The van der Waals surface area contributed by atoms with Gasteiger partial charge in [-0.2, -0.15) is 0 Å². The average molecular weight is 451 g/mol. The molecule has 0 radical (unpaired) electrons. The molecule has 1 saturated carbocycles. The molecular weight excluding hydrogens is 424 g/mol. The van der Waals surface area contributed by atoms with E-state index in [0.717, 1.165) is 36.6 Å². The van der Waals surface area contributed by atoms with Crippen molar-refractivity contribution in [2.24, 2.45) is 5.92 Å². The predicted molar refractivity (Wildman–Crippen MR) is 122 cm³/mol. The second-order valence-electron chi connectivity index (χ2n) is 8.32. The highest BCUT2D eigenvalue weighted by Crippen LogP contribution is 2.32. The summed E-state index contributed by atoms with van der Waals surface area (Å²) in [7, 11) is 0. The summed E-state index contributed by atoms with van der Waals surface area (Å²) in [5.74, 6) is 1.25. The van der Waals surface area contributed by atoms with Crippen molar-refractivity contribution in [1.29, 1.82) is 0 Å². The van der Waals surface area contributed by atoms with Crippen LogP contribution in [0.4, 0.5) is 0 Å². The normalized spacial score (nSPS) is 17.2. The molecule has 32 heavy (non-hydrogen) atoms. The summed E-state index contributed by atoms with van der Waals surface area (Å²) in [4.78, 5) is 38.4. The Balaban J connectivity index is 1.31. The molecular formula is C24H26N4O3S. The second-order valence-corrected chi connectivity index (χ2v) is 9.27. The number of piperazine rings is 1. The Morgan fingerprint density at radius 2 is 1.66 bits per heavy atom. The number of carbonyl (C=O) groups is 2. The van der Waals surface area contributed by atoms with Gasteiger partial charge in [-0.05, 0) is 25.0 Å². The van der Waals surface area contributed by atoms with Crippen LogP contribution < -0.4 is 0 Å². The number of amides is 2. The van der Waals surface area contributed by atoms with Crippen LogP contribution in [-0.2, 0) is 10.5 Å². The van der Waals surface area contributed by atoms with E-state index in [1.54, 1.807) is 18.5 Å². The van der Waals surface area contributed by atoms with Crippen molar-refractivity contribution in [3.05, 3.63) is 54.0 Å². The third-order valence-corrected chi connectivity index (χ3v) is 7.27. The first kappa shape index (κ1) is 21.0. The molecule has 0 spiro atoms. The lowest BCUT2D eigenvalue weighted by atomic mass is 10.1. The van der Waals surface area contributed by atoms with Crippen molar-refractivity contribution in [2.75, 3.05) is 26.2 Å². The predicted octanol–water partition coefficient (Wildman–Crippen LogP) is 3.99. The monoisotopic (exact) mass is 450 g/mol. The lowest BCUT2D eigenvalue weighted by molar-refractivity contribution is -0.136. The minimum absolute atomic E-state index is 0.112. The molecule has 7 nitrogen and oxygen atoms in total. The van der Waals surface area contributed by atoms with E-state index < -0.39 is 0 Å². The molecule has 166 valence electrons. The molecule has 0 unspecified atom stereocenters. The summed E-state index contributed by atoms with van der Waals surface area (Å²) in [6.45, 7) is 2.23. The molecule has 3 heterocycles. The van der Waals surface area contributed by atoms with Gasteiger partial charge in [0, 0.05) is 61.2 Å². The molecule has 2 fully saturated rings. The number of aromatic nitrogens is 2. The molecule has 0 N–H and O–H groups in total. The van der Waals surface area contributed by atoms with Crippen LogP contribution in [0.25, 0.3) is 11.0 Å². The maximum atomic E-state index is 13.4. The number of furan rings is 1. The van der Waals surface area contributed by atoms with Crippen molar-refractivity contribution in [3.8, 4) is 0 Å². The van der Waals surface area contributed by atoms with Crippen molar-refractivity contribution in [1.82, 2.24) is 19.8 Å². The zero-order valence-corrected chi connectivity index (χ0v) is 18.7. The molecule has 5 rings (SSSR count). The summed E-state index contributed by atoms with van der Waals surface area (Å²) in [6, 6.07) is 9.51. The van der Waals surface area contributed by atoms with Gasteiger partial charge in [0.1, 0.15) is 5.58 Å². The minimum atomic E-state index is -0.112. The third kappa shape index (κ3) is 4.24. The first-order valence-electron chi connectivity index (χ1n) is 11.2. The van der Waals surface area contributed by atoms with Crippen LogP contribution in [0.15, 0.2) is 52.3 Å². The highest BCUT2D eigenvalue weighted by Gasteiger charge is 2.32. The number of para-hydroxylation sites is 1. The number of thioether (sulfide) groups is 1. The van der Waals surface area contributed by atoms with Gasteiger partial charge in [-0.3, -0.25) is 9.59 Å². The van der Waals surface area contributed by atoms with Crippen LogP contribution in [0.5, 0.6) is 0 Å². The average Bonchev–Trinajstić information content (AvgIpc) is 3.51. The minimum Gasteiger partial charge on any atom is -0.451 e. The largest absolute Gasteiger partial charge is 0.451 e. The van der Waals surface area contributed by atoms with Gasteiger partial charge < -0.3 is 14.2 Å². The zero-order chi connectivity index (χ0) is 21.9. The number of rotatable bonds is 5. The maximum absolute atomic E-state index is 13.4. The molecule has 1 saturated heterocycles. The second kappa shape index (κ2) is 9.32. The van der Waals surface area contributed by atoms with Crippen molar-refractivity contribution in [3.63, 3.8) is 0 Å². The first-order chi connectivity index (χ1) is 15.7. The molecule has 8 heteroatoms. The van der Waals surface area contributed by atoms with Gasteiger partial charge in [-0.15, -0.1) is 0 Å². The molecule has 0 bridgehead atoms. The Hall–Kier alpha value is -2.87. The zero-order valence-electron chi connectivity index (χ0n) is 17.9. The molecule has 0 atom stereocenters. The molecule has 2 amide bonds. The van der Waals surface area contributed by atoms with E-state index in [0.29, 0.717) is 48.4 Å². The van der Waals surface area contributed by atoms with E-state index in [-0.39, 0.29) is 17.7 Å². The van der Waals surface area contributed by atoms with Crippen molar-refractivity contribution in [2.45, 2.75) is 36.6 Å². The molecule has 1 aliphatic carbocycles. The van der Waals surface area contributed by atoms with Gasteiger partial charge in [0.2, 0.25) is 5.91 Å². The van der Waals surface area contributed by atoms with Gasteiger partial charge in [-0.1, -0.05) is 42.8 Å². The Bertz CT molecular complexity index is 1100. The smallest absolute Gasteiger partial charge is 0.290 e. The van der Waals surface area contributed by atoms with Crippen LogP contribution in [-0.4, -0.2) is 57.8 Å². The van der Waals surface area contributed by atoms with E-state index in [1.807, 2.05) is 34.1 Å². The molecule has 1 aliphatic heterocycles. The van der Waals surface area contributed by atoms with E-state index >= 15 is 0 Å². The number of carbonyl (C=O) groups excluding carboxylic acids is 2. The highest BCUT2D eigenvalue weighted by molar-refractivity contribution is 7.98. The fraction of sp³-hybridized carbons (Fsp3) is 0.417. The Morgan fingerprint density at radius 3 is 2.41 bits per heavy atom. The van der Waals surface area contributed by atoms with Crippen LogP contribution in [0.3, 0.4) is 0 Å². The van der Waals surface area contributed by atoms with E-state index in [2.05, 4.69) is 9.97 Å². The number of hydrogen-bond donors (Lipinski definition) is 0. The van der Waals surface area contributed by atoms with Crippen LogP contribution in [0, 0.1) is 5.92 Å². The summed E-state index contributed by atoms with van der Waals surface area (Å²) in [6.07, 6.45) is 7.72. The summed E-state index contributed by atoms with van der Waals surface area (Å²) in [5, 5.41) is 1.60. The lowest BCUT2D eigenvalue weighted by Gasteiger charge is -2.35. The SMILES string of the molecule is O=C(c1oc2ccccc2c1CSc1ncccn1)N1CCN(C(=O)C2CCCC2)CC1. The van der Waals surface area contributed by atoms with Gasteiger partial charge >= 0.3 is 0 Å². The standard InChI is InChI=1S/C24H26N4O3S/c29-22(17-6-1-2-7-17)27-12-14-28(15-13-27)23(30)21-19(16-32-24-25-10-5-11-26-24)18-8-3-4-9-20(18)31-21/h3-5,8-11,17H,1-2,6-7,12-16H2. The molecule has 2 aliphatic rings. The van der Waals surface area contributed by atoms with Crippen molar-refractivity contribution >= 4 is 34.5 Å². The van der Waals surface area contributed by atoms with Crippen LogP contribution in [0.1, 0.15) is 41.8 Å². The van der Waals surface area contributed by atoms with Crippen LogP contribution >= 0.6 is 11.8 Å². The number of benzene rings is 1. The molecule has 1 aromatic carbocycles. The maximum Gasteiger partial charge on any atom is 0.290 e. The quantitative estimate of drug-likeness (QED) is 0.432. The number of hydrogen-bond acceptors (Lipinski definition) is 6. The Kier molecular flexibility index (Phi) is 6.12. The Morgan fingerprint density at radius 1 is 0.969 bits per heavy atom. The lowest BCUT2D eigenvalue weighted by Crippen LogP contribution is -2.51. The number of nitrogens with zero attached hydrogens (tertiary/aromatic N) is 4. The van der Waals surface area contributed by atoms with E-state index in [9.17, 15) is 9.59 Å². The third-order valence-electron chi connectivity index (χ3n) is 6.36. The van der Waals surface area contributed by atoms with Gasteiger partial charge in [0.25, 0.3) is 5.91 Å². The topological polar surface area (TPSA) is 79.5 Å². The summed E-state index contributed by atoms with van der Waals surface area (Å²) < 4.78 is 6.03. The van der Waals surface area contributed by atoms with Gasteiger partial charge in [-0.25, -0.2) is 9.97 Å². The van der Waals surface area contributed by atoms with E-state index in [1.165, 1.54) is 11.8 Å². The first-order valence-corrected chi connectivity index (χ1v) is 12.2. The van der Waals surface area contributed by atoms with Crippen LogP contribution in [0.2, 0.25) is 0 Å². The summed E-state index contributed by atoms with van der Waals surface area (Å²) in [5.41, 5.74) is 1.57. The van der Waals surface area contributed by atoms with Crippen molar-refractivity contribution < 1.29 is 14.0 Å². The summed E-state index contributed by atoms with van der Waals surface area (Å²) >= 11 is 1.48. The highest BCUT2D eigenvalue weighted by atomic mass is 32.2. The fourth-order valence-corrected chi connectivity index (χ4v) is 5.45. The van der Waals surface area contributed by atoms with E-state index in [4.69, 9.17) is 4.42 Å². The molecule has 2 aromatic heterocycles. The fourth-order valence-electron chi connectivity index (χ4n) is 4.62. The molecule has 3 aromatic rings. The van der Waals surface area contributed by atoms with Gasteiger partial charge in [0.15, 0.2) is 10.9 Å². The number of fused-ring (bicyclic) bond motifs is 1. The van der Waals surface area contributed by atoms with Gasteiger partial charge in [0.05, 0.1) is 0 Å².